The average Bonchev–Trinajstić information content (AvgIpc) is 3.30. The Morgan fingerprint density at radius 1 is 1.12 bits per heavy atom. The summed E-state index contributed by atoms with van der Waals surface area (Å²) in [6.07, 6.45) is 2.48. The van der Waals surface area contributed by atoms with Gasteiger partial charge < -0.3 is 19.6 Å². The fraction of sp³-hybridized carbons (Fsp3) is 0.222. The third kappa shape index (κ3) is 4.25. The van der Waals surface area contributed by atoms with Crippen LogP contribution >= 0.6 is 0 Å². The smallest absolute Gasteiger partial charge is 0.191 e. The summed E-state index contributed by atoms with van der Waals surface area (Å²) in [5.41, 5.74) is 1.83. The van der Waals surface area contributed by atoms with Crippen LogP contribution in [0, 0.1) is 0 Å². The predicted octanol–water partition coefficient (Wildman–Crippen LogP) is 2.84. The van der Waals surface area contributed by atoms with Crippen LogP contribution in [0.3, 0.4) is 0 Å². The van der Waals surface area contributed by atoms with Crippen molar-refractivity contribution >= 4 is 5.96 Å². The molecule has 0 radical (unpaired) electrons. The van der Waals surface area contributed by atoms with Crippen molar-refractivity contribution < 1.29 is 8.94 Å². The first-order valence-corrected chi connectivity index (χ1v) is 7.83. The van der Waals surface area contributed by atoms with Gasteiger partial charge in [0.25, 0.3) is 0 Å². The van der Waals surface area contributed by atoms with Crippen molar-refractivity contribution in [1.82, 2.24) is 15.8 Å². The summed E-state index contributed by atoms with van der Waals surface area (Å²) in [6.45, 7) is 1.28. The summed E-state index contributed by atoms with van der Waals surface area (Å²) in [5, 5.41) is 10.5. The molecule has 6 nitrogen and oxygen atoms in total. The van der Waals surface area contributed by atoms with Gasteiger partial charge >= 0.3 is 0 Å². The molecule has 2 N–H and O–H groups in total. The molecule has 1 aromatic carbocycles. The minimum Gasteiger partial charge on any atom is -0.469 e. The molecule has 0 aliphatic carbocycles. The van der Waals surface area contributed by atoms with Crippen molar-refractivity contribution in [3.63, 3.8) is 0 Å². The van der Waals surface area contributed by atoms with Crippen LogP contribution in [-0.4, -0.2) is 24.7 Å². The third-order valence-electron chi connectivity index (χ3n) is 3.52. The maximum atomic E-state index is 5.38. The molecule has 24 heavy (non-hydrogen) atoms. The number of nitrogens with zero attached hydrogens (tertiary/aromatic N) is 2. The van der Waals surface area contributed by atoms with E-state index in [1.54, 1.807) is 13.3 Å². The highest BCUT2D eigenvalue weighted by atomic mass is 16.5. The number of hydrogen-bond acceptors (Lipinski definition) is 4. The van der Waals surface area contributed by atoms with Gasteiger partial charge in [0, 0.05) is 31.6 Å². The van der Waals surface area contributed by atoms with Gasteiger partial charge in [-0.15, -0.1) is 0 Å². The molecule has 0 aliphatic heterocycles. The molecule has 0 unspecified atom stereocenters. The molecule has 2 aromatic heterocycles. The molecule has 0 bridgehead atoms. The van der Waals surface area contributed by atoms with Gasteiger partial charge in [-0.1, -0.05) is 35.5 Å². The third-order valence-corrected chi connectivity index (χ3v) is 3.52. The van der Waals surface area contributed by atoms with E-state index in [1.165, 1.54) is 0 Å². The first-order valence-electron chi connectivity index (χ1n) is 7.83. The van der Waals surface area contributed by atoms with E-state index in [0.29, 0.717) is 12.5 Å². The summed E-state index contributed by atoms with van der Waals surface area (Å²) in [6, 6.07) is 15.7. The Morgan fingerprint density at radius 3 is 2.75 bits per heavy atom. The zero-order chi connectivity index (χ0) is 16.6. The van der Waals surface area contributed by atoms with Gasteiger partial charge in [-0.2, -0.15) is 0 Å². The van der Waals surface area contributed by atoms with E-state index in [1.807, 2.05) is 48.5 Å². The topological polar surface area (TPSA) is 75.6 Å². The largest absolute Gasteiger partial charge is 0.469 e. The van der Waals surface area contributed by atoms with Gasteiger partial charge in [0.2, 0.25) is 0 Å². The number of benzene rings is 1. The summed E-state index contributed by atoms with van der Waals surface area (Å²) >= 11 is 0. The highest BCUT2D eigenvalue weighted by molar-refractivity contribution is 5.79. The van der Waals surface area contributed by atoms with Crippen molar-refractivity contribution in [3.8, 4) is 11.3 Å². The molecule has 0 atom stereocenters. The normalized spacial score (nSPS) is 11.5. The Morgan fingerprint density at radius 2 is 2.00 bits per heavy atom. The van der Waals surface area contributed by atoms with E-state index < -0.39 is 0 Å². The Balaban J connectivity index is 1.48. The highest BCUT2D eigenvalue weighted by Crippen LogP contribution is 2.19. The fourth-order valence-corrected chi connectivity index (χ4v) is 2.29. The number of guanidine groups is 1. The maximum absolute atomic E-state index is 5.38. The van der Waals surface area contributed by atoms with Gasteiger partial charge in [-0.3, -0.25) is 4.99 Å². The van der Waals surface area contributed by atoms with Gasteiger partial charge in [-0.25, -0.2) is 0 Å². The lowest BCUT2D eigenvalue weighted by atomic mass is 10.2. The van der Waals surface area contributed by atoms with Gasteiger partial charge in [0.05, 0.1) is 12.8 Å². The van der Waals surface area contributed by atoms with Crippen molar-refractivity contribution in [2.24, 2.45) is 4.99 Å². The molecule has 3 aromatic rings. The maximum Gasteiger partial charge on any atom is 0.191 e. The molecule has 0 saturated carbocycles. The van der Waals surface area contributed by atoms with Gasteiger partial charge in [-0.05, 0) is 12.1 Å². The second-order valence-corrected chi connectivity index (χ2v) is 5.23. The number of nitrogens with one attached hydrogen (secondary N) is 2. The molecule has 0 spiro atoms. The average molecular weight is 324 g/mol. The van der Waals surface area contributed by atoms with E-state index in [0.717, 1.165) is 35.7 Å². The molecule has 0 amide bonds. The molecular formula is C18H20N4O2. The van der Waals surface area contributed by atoms with Gasteiger partial charge in [0.1, 0.15) is 11.5 Å². The van der Waals surface area contributed by atoms with Crippen LogP contribution in [0.4, 0.5) is 0 Å². The standard InChI is InChI=1S/C18H20N4O2/c1-19-18(20-10-9-16-8-5-11-23-16)21-13-15-12-17(24-22-15)14-6-3-2-4-7-14/h2-8,11-12H,9-10,13H2,1H3,(H2,19,20,21). The summed E-state index contributed by atoms with van der Waals surface area (Å²) in [7, 11) is 1.74. The zero-order valence-corrected chi connectivity index (χ0v) is 13.5. The van der Waals surface area contributed by atoms with E-state index >= 15 is 0 Å². The zero-order valence-electron chi connectivity index (χ0n) is 13.5. The van der Waals surface area contributed by atoms with Crippen LogP contribution in [0.25, 0.3) is 11.3 Å². The molecule has 0 saturated heterocycles. The van der Waals surface area contributed by atoms with E-state index in [4.69, 9.17) is 8.94 Å². The van der Waals surface area contributed by atoms with Crippen molar-refractivity contribution in [2.45, 2.75) is 13.0 Å². The highest BCUT2D eigenvalue weighted by Gasteiger charge is 2.07. The van der Waals surface area contributed by atoms with Crippen molar-refractivity contribution in [2.75, 3.05) is 13.6 Å². The lowest BCUT2D eigenvalue weighted by molar-refractivity contribution is 0.422. The van der Waals surface area contributed by atoms with E-state index in [-0.39, 0.29) is 0 Å². The van der Waals surface area contributed by atoms with Crippen LogP contribution in [0.15, 0.2) is 68.7 Å². The summed E-state index contributed by atoms with van der Waals surface area (Å²) in [4.78, 5) is 4.19. The minimum absolute atomic E-state index is 0.538. The predicted molar refractivity (Wildman–Crippen MR) is 92.6 cm³/mol. The molecule has 0 fully saturated rings. The summed E-state index contributed by atoms with van der Waals surface area (Å²) < 4.78 is 10.7. The minimum atomic E-state index is 0.538. The van der Waals surface area contributed by atoms with Crippen molar-refractivity contribution in [3.05, 3.63) is 66.2 Å². The van der Waals surface area contributed by atoms with E-state index in [2.05, 4.69) is 20.8 Å². The number of furan rings is 1. The molecule has 124 valence electrons. The molecule has 0 aliphatic rings. The molecule has 2 heterocycles. The van der Waals surface area contributed by atoms with E-state index in [9.17, 15) is 0 Å². The van der Waals surface area contributed by atoms with Crippen LogP contribution in [-0.2, 0) is 13.0 Å². The first-order chi connectivity index (χ1) is 11.8. The van der Waals surface area contributed by atoms with Crippen LogP contribution in [0.1, 0.15) is 11.5 Å². The quantitative estimate of drug-likeness (QED) is 0.539. The van der Waals surface area contributed by atoms with Crippen molar-refractivity contribution in [1.29, 1.82) is 0 Å². The summed E-state index contributed by atoms with van der Waals surface area (Å²) in [5.74, 6) is 2.42. The number of aromatic nitrogens is 1. The van der Waals surface area contributed by atoms with Crippen LogP contribution in [0.2, 0.25) is 0 Å². The van der Waals surface area contributed by atoms with Crippen LogP contribution in [0.5, 0.6) is 0 Å². The number of rotatable bonds is 6. The first kappa shape index (κ1) is 15.9. The number of hydrogen-bond donors (Lipinski definition) is 2. The Kier molecular flexibility index (Phi) is 5.29. The fourth-order valence-electron chi connectivity index (χ4n) is 2.29. The Bertz CT molecular complexity index is 763. The Hall–Kier alpha value is -3.02. The monoisotopic (exact) mass is 324 g/mol. The lowest BCUT2D eigenvalue weighted by Crippen LogP contribution is -2.37. The van der Waals surface area contributed by atoms with Crippen LogP contribution < -0.4 is 10.6 Å². The Labute approximate surface area is 140 Å². The number of aliphatic imine (C=N–C) groups is 1. The van der Waals surface area contributed by atoms with Gasteiger partial charge in [0.15, 0.2) is 11.7 Å². The second kappa shape index (κ2) is 8.01. The molecule has 6 heteroatoms. The lowest BCUT2D eigenvalue weighted by Gasteiger charge is -2.09. The second-order valence-electron chi connectivity index (χ2n) is 5.23. The molecular weight excluding hydrogens is 304 g/mol. The SMILES string of the molecule is CN=C(NCCc1ccco1)NCc1cc(-c2ccccc2)on1. The molecule has 3 rings (SSSR count).